The highest BCUT2D eigenvalue weighted by Crippen LogP contribution is 2.35. The van der Waals surface area contributed by atoms with Crippen LogP contribution in [0.4, 0.5) is 17.6 Å². The van der Waals surface area contributed by atoms with Crippen LogP contribution in [-0.2, 0) is 6.18 Å². The zero-order valence-corrected chi connectivity index (χ0v) is 6.65. The summed E-state index contributed by atoms with van der Waals surface area (Å²) in [7, 11) is 0. The van der Waals surface area contributed by atoms with Gasteiger partial charge in [-0.3, -0.25) is 0 Å². The Balaban J connectivity index is 2.61. The van der Waals surface area contributed by atoms with E-state index in [0.29, 0.717) is 0 Å². The van der Waals surface area contributed by atoms with E-state index in [1.807, 2.05) is 0 Å². The Hall–Kier alpha value is -1.52. The first-order valence-electron chi connectivity index (χ1n) is 3.65. The summed E-state index contributed by atoms with van der Waals surface area (Å²) in [4.78, 5) is 0. The molecule has 2 rings (SSSR count). The lowest BCUT2D eigenvalue weighted by atomic mass is 10.2. The molecule has 1 heterocycles. The van der Waals surface area contributed by atoms with Crippen molar-refractivity contribution in [2.45, 2.75) is 6.18 Å². The van der Waals surface area contributed by atoms with Crippen molar-refractivity contribution in [3.63, 3.8) is 0 Å². The standard InChI is InChI=1S/C9H3F4O/c10-6-3-1-5-2-4-7(9(11,12)13)14-8(5)6/h1-2,4H. The van der Waals surface area contributed by atoms with Crippen molar-refractivity contribution in [2.24, 2.45) is 0 Å². The van der Waals surface area contributed by atoms with Crippen LogP contribution in [0.5, 0.6) is 0 Å². The second-order valence-electron chi connectivity index (χ2n) is 2.68. The van der Waals surface area contributed by atoms with E-state index in [1.54, 1.807) is 0 Å². The normalized spacial score (nSPS) is 12.3. The number of fused-ring (bicyclic) bond motifs is 1. The van der Waals surface area contributed by atoms with Gasteiger partial charge in [-0.2, -0.15) is 13.2 Å². The van der Waals surface area contributed by atoms with E-state index in [2.05, 4.69) is 10.5 Å². The van der Waals surface area contributed by atoms with Crippen LogP contribution in [0.1, 0.15) is 5.76 Å². The summed E-state index contributed by atoms with van der Waals surface area (Å²) in [5.41, 5.74) is 0.260. The van der Waals surface area contributed by atoms with Crippen LogP contribution >= 0.6 is 0 Å². The van der Waals surface area contributed by atoms with Crippen LogP contribution in [0.3, 0.4) is 0 Å². The molecule has 0 amide bonds. The van der Waals surface area contributed by atoms with Gasteiger partial charge in [-0.05, 0) is 18.2 Å². The topological polar surface area (TPSA) is 13.1 Å². The van der Waals surface area contributed by atoms with E-state index in [4.69, 9.17) is 0 Å². The van der Waals surface area contributed by atoms with E-state index in [1.165, 1.54) is 6.07 Å². The first kappa shape index (κ1) is 9.05. The molecule has 1 radical (unpaired) electrons. The molecule has 0 N–H and O–H groups in total. The molecule has 1 nitrogen and oxygen atoms in total. The Bertz CT molecular complexity index is 429. The molecule has 0 fully saturated rings. The average Bonchev–Trinajstić information content (AvgIpc) is 2.46. The van der Waals surface area contributed by atoms with Crippen molar-refractivity contribution < 1.29 is 22.0 Å². The number of halogens is 4. The second kappa shape index (κ2) is 2.73. The molecule has 73 valence electrons. The predicted octanol–water partition coefficient (Wildman–Crippen LogP) is 3.34. The Morgan fingerprint density at radius 1 is 1.21 bits per heavy atom. The second-order valence-corrected chi connectivity index (χ2v) is 2.68. The lowest BCUT2D eigenvalue weighted by molar-refractivity contribution is -0.153. The molecule has 0 bridgehead atoms. The Labute approximate surface area is 76.3 Å². The van der Waals surface area contributed by atoms with Gasteiger partial charge in [-0.15, -0.1) is 0 Å². The third kappa shape index (κ3) is 1.34. The van der Waals surface area contributed by atoms with Crippen molar-refractivity contribution in [1.29, 1.82) is 0 Å². The fourth-order valence-electron chi connectivity index (χ4n) is 1.09. The van der Waals surface area contributed by atoms with E-state index in [0.717, 1.165) is 12.1 Å². The van der Waals surface area contributed by atoms with Gasteiger partial charge in [0.1, 0.15) is 0 Å². The minimum Gasteiger partial charge on any atom is -0.448 e. The van der Waals surface area contributed by atoms with Gasteiger partial charge in [0.25, 0.3) is 0 Å². The highest BCUT2D eigenvalue weighted by molar-refractivity contribution is 5.60. The Morgan fingerprint density at radius 3 is 2.57 bits per heavy atom. The van der Waals surface area contributed by atoms with Crippen LogP contribution in [0.25, 0.3) is 11.3 Å². The fourth-order valence-corrected chi connectivity index (χ4v) is 1.09. The maximum Gasteiger partial charge on any atom is 0.449 e. The zero-order chi connectivity index (χ0) is 10.3. The molecule has 1 aliphatic carbocycles. The van der Waals surface area contributed by atoms with E-state index >= 15 is 0 Å². The molecule has 0 spiro atoms. The van der Waals surface area contributed by atoms with Crippen LogP contribution in [0, 0.1) is 11.9 Å². The molecule has 0 unspecified atom stereocenters. The molecule has 0 saturated carbocycles. The van der Waals surface area contributed by atoms with Crippen molar-refractivity contribution in [2.75, 3.05) is 0 Å². The third-order valence-corrected chi connectivity index (χ3v) is 1.72. The fraction of sp³-hybridized carbons (Fsp3) is 0.111. The first-order chi connectivity index (χ1) is 6.48. The molecular weight excluding hydrogens is 200 g/mol. The van der Waals surface area contributed by atoms with Crippen LogP contribution in [0.2, 0.25) is 0 Å². The predicted molar refractivity (Wildman–Crippen MR) is 39.1 cm³/mol. The summed E-state index contributed by atoms with van der Waals surface area (Å²) in [6.07, 6.45) is -4.60. The van der Waals surface area contributed by atoms with Crippen molar-refractivity contribution in [3.8, 4) is 11.3 Å². The van der Waals surface area contributed by atoms with Crippen LogP contribution in [0.15, 0.2) is 22.6 Å². The molecule has 0 aromatic rings. The van der Waals surface area contributed by atoms with Gasteiger partial charge in [0.2, 0.25) is 5.76 Å². The highest BCUT2D eigenvalue weighted by atomic mass is 19.4. The Kier molecular flexibility index (Phi) is 1.77. The molecular formula is C9H3F4O. The summed E-state index contributed by atoms with van der Waals surface area (Å²) >= 11 is 0. The quantitative estimate of drug-likeness (QED) is 0.598. The smallest absolute Gasteiger partial charge is 0.448 e. The molecule has 2 aliphatic rings. The monoisotopic (exact) mass is 203 g/mol. The van der Waals surface area contributed by atoms with E-state index < -0.39 is 23.5 Å². The number of hydrogen-bond donors (Lipinski definition) is 0. The summed E-state index contributed by atoms with van der Waals surface area (Å²) < 4.78 is 53.5. The summed E-state index contributed by atoms with van der Waals surface area (Å²) in [6.45, 7) is 0. The molecule has 5 heteroatoms. The van der Waals surface area contributed by atoms with Crippen molar-refractivity contribution in [3.05, 3.63) is 35.8 Å². The maximum atomic E-state index is 12.8. The van der Waals surface area contributed by atoms with Crippen molar-refractivity contribution in [1.82, 2.24) is 0 Å². The third-order valence-electron chi connectivity index (χ3n) is 1.72. The van der Waals surface area contributed by atoms with E-state index in [-0.39, 0.29) is 5.56 Å². The summed E-state index contributed by atoms with van der Waals surface area (Å²) in [5, 5.41) is 0. The molecule has 0 aromatic heterocycles. The summed E-state index contributed by atoms with van der Waals surface area (Å²) in [6, 6.07) is 5.26. The lowest BCUT2D eigenvalue weighted by Crippen LogP contribution is -2.04. The van der Waals surface area contributed by atoms with E-state index in [9.17, 15) is 17.6 Å². The van der Waals surface area contributed by atoms with Gasteiger partial charge in [-0.1, -0.05) is 0 Å². The molecule has 0 saturated heterocycles. The molecule has 0 atom stereocenters. The average molecular weight is 203 g/mol. The SMILES string of the molecule is Fc1[c]cc2ccc(C(F)(F)F)oc1-2. The number of rotatable bonds is 0. The van der Waals surface area contributed by atoms with Gasteiger partial charge in [-0.25, -0.2) is 4.39 Å². The molecule has 1 aliphatic heterocycles. The number of alkyl halides is 3. The van der Waals surface area contributed by atoms with Crippen LogP contribution in [-0.4, -0.2) is 0 Å². The zero-order valence-electron chi connectivity index (χ0n) is 6.65. The maximum absolute atomic E-state index is 12.8. The summed E-state index contributed by atoms with van der Waals surface area (Å²) in [5.74, 6) is -2.55. The molecule has 0 aromatic carbocycles. The molecule has 14 heavy (non-hydrogen) atoms. The Morgan fingerprint density at radius 2 is 1.93 bits per heavy atom. The highest BCUT2D eigenvalue weighted by Gasteiger charge is 2.35. The van der Waals surface area contributed by atoms with Gasteiger partial charge in [0, 0.05) is 11.6 Å². The largest absolute Gasteiger partial charge is 0.449 e. The first-order valence-corrected chi connectivity index (χ1v) is 3.65. The number of hydrogen-bond acceptors (Lipinski definition) is 1. The van der Waals surface area contributed by atoms with Crippen molar-refractivity contribution >= 4 is 0 Å². The lowest BCUT2D eigenvalue weighted by Gasteiger charge is -2.07. The van der Waals surface area contributed by atoms with Gasteiger partial charge in [0.15, 0.2) is 11.6 Å². The minimum atomic E-state index is -4.60. The minimum absolute atomic E-state index is 0.260. The van der Waals surface area contributed by atoms with Crippen LogP contribution < -0.4 is 0 Å². The van der Waals surface area contributed by atoms with Gasteiger partial charge < -0.3 is 4.42 Å². The van der Waals surface area contributed by atoms with Gasteiger partial charge in [0.05, 0.1) is 0 Å². The van der Waals surface area contributed by atoms with Gasteiger partial charge >= 0.3 is 6.18 Å².